The molecule has 0 unspecified atom stereocenters. The average Bonchev–Trinajstić information content (AvgIpc) is 2.33. The summed E-state index contributed by atoms with van der Waals surface area (Å²) in [4.78, 5) is 2.02. The summed E-state index contributed by atoms with van der Waals surface area (Å²) in [6, 6.07) is 13.0. The molecule has 0 saturated carbocycles. The van der Waals surface area contributed by atoms with Crippen LogP contribution in [0, 0.1) is 6.92 Å². The molecule has 0 bridgehead atoms. The van der Waals surface area contributed by atoms with Gasteiger partial charge in [0.2, 0.25) is 0 Å². The van der Waals surface area contributed by atoms with Crippen LogP contribution in [0.5, 0.6) is 0 Å². The van der Waals surface area contributed by atoms with Gasteiger partial charge in [0, 0.05) is 16.0 Å². The van der Waals surface area contributed by atoms with E-state index in [0.29, 0.717) is 5.69 Å². The third kappa shape index (κ3) is 3.11. The molecule has 0 fully saturated rings. The molecule has 0 amide bonds. The van der Waals surface area contributed by atoms with Crippen LogP contribution >= 0.6 is 11.8 Å². The van der Waals surface area contributed by atoms with Gasteiger partial charge >= 0.3 is 0 Å². The number of rotatable bonds is 3. The van der Waals surface area contributed by atoms with Gasteiger partial charge in [-0.25, -0.2) is 8.42 Å². The van der Waals surface area contributed by atoms with Crippen molar-refractivity contribution in [2.75, 3.05) is 12.0 Å². The Bertz CT molecular complexity index is 709. The molecule has 0 atom stereocenters. The van der Waals surface area contributed by atoms with Gasteiger partial charge in [0.25, 0.3) is 0 Å². The zero-order valence-corrected chi connectivity index (χ0v) is 12.4. The predicted molar refractivity (Wildman–Crippen MR) is 79.3 cm³/mol. The second-order valence-electron chi connectivity index (χ2n) is 4.31. The van der Waals surface area contributed by atoms with Crippen LogP contribution in [0.1, 0.15) is 5.56 Å². The highest BCUT2D eigenvalue weighted by molar-refractivity contribution is 7.99. The van der Waals surface area contributed by atoms with Crippen molar-refractivity contribution in [2.24, 2.45) is 0 Å². The van der Waals surface area contributed by atoms with Crippen molar-refractivity contribution in [1.82, 2.24) is 0 Å². The standard InChI is InChI=1S/C14H15NO2S2/c1-10-6-3-4-7-11(10)18-12-8-5-9-13(14(12)15)19(2,16)17/h3-9H,15H2,1-2H3. The Kier molecular flexibility index (Phi) is 3.87. The minimum atomic E-state index is -3.30. The van der Waals surface area contributed by atoms with Crippen LogP contribution in [-0.2, 0) is 9.84 Å². The maximum absolute atomic E-state index is 11.6. The highest BCUT2D eigenvalue weighted by Gasteiger charge is 2.15. The van der Waals surface area contributed by atoms with Gasteiger partial charge in [0.05, 0.1) is 10.6 Å². The lowest BCUT2D eigenvalue weighted by molar-refractivity contribution is 0.602. The molecule has 0 aromatic heterocycles. The number of nitrogen functional groups attached to an aromatic ring is 1. The summed E-state index contributed by atoms with van der Waals surface area (Å²) in [5, 5.41) is 0. The Balaban J connectivity index is 2.46. The van der Waals surface area contributed by atoms with Crippen molar-refractivity contribution in [3.05, 3.63) is 48.0 Å². The SMILES string of the molecule is Cc1ccccc1Sc1cccc(S(C)(=O)=O)c1N. The Labute approximate surface area is 117 Å². The van der Waals surface area contributed by atoms with Gasteiger partial charge in [0.1, 0.15) is 0 Å². The largest absolute Gasteiger partial charge is 0.397 e. The van der Waals surface area contributed by atoms with Gasteiger partial charge in [-0.3, -0.25) is 0 Å². The van der Waals surface area contributed by atoms with Gasteiger partial charge in [0.15, 0.2) is 9.84 Å². The molecular weight excluding hydrogens is 278 g/mol. The van der Waals surface area contributed by atoms with Gasteiger partial charge in [-0.15, -0.1) is 0 Å². The van der Waals surface area contributed by atoms with Crippen molar-refractivity contribution in [3.63, 3.8) is 0 Å². The Morgan fingerprint density at radius 2 is 1.63 bits per heavy atom. The Morgan fingerprint density at radius 3 is 2.26 bits per heavy atom. The van der Waals surface area contributed by atoms with Crippen LogP contribution < -0.4 is 5.73 Å². The normalized spacial score (nSPS) is 11.5. The van der Waals surface area contributed by atoms with Gasteiger partial charge < -0.3 is 5.73 Å². The van der Waals surface area contributed by atoms with E-state index in [1.807, 2.05) is 37.3 Å². The quantitative estimate of drug-likeness (QED) is 0.883. The fraction of sp³-hybridized carbons (Fsp3) is 0.143. The van der Waals surface area contributed by atoms with E-state index in [9.17, 15) is 8.42 Å². The fourth-order valence-corrected chi connectivity index (χ4v) is 3.60. The summed E-state index contributed by atoms with van der Waals surface area (Å²) in [6.45, 7) is 2.01. The first-order valence-corrected chi connectivity index (χ1v) is 8.42. The summed E-state index contributed by atoms with van der Waals surface area (Å²) in [7, 11) is -3.30. The number of aryl methyl sites for hydroxylation is 1. The van der Waals surface area contributed by atoms with Crippen molar-refractivity contribution in [3.8, 4) is 0 Å². The molecule has 0 radical (unpaired) electrons. The van der Waals surface area contributed by atoms with E-state index in [2.05, 4.69) is 0 Å². The molecular formula is C14H15NO2S2. The van der Waals surface area contributed by atoms with E-state index < -0.39 is 9.84 Å². The number of hydrogen-bond donors (Lipinski definition) is 1. The van der Waals surface area contributed by atoms with Crippen molar-refractivity contribution >= 4 is 27.3 Å². The van der Waals surface area contributed by atoms with E-state index in [-0.39, 0.29) is 4.90 Å². The van der Waals surface area contributed by atoms with Gasteiger partial charge in [-0.05, 0) is 30.7 Å². The molecule has 19 heavy (non-hydrogen) atoms. The maximum atomic E-state index is 11.6. The molecule has 0 spiro atoms. The lowest BCUT2D eigenvalue weighted by Crippen LogP contribution is -2.03. The first-order valence-electron chi connectivity index (χ1n) is 5.71. The lowest BCUT2D eigenvalue weighted by atomic mass is 10.2. The number of nitrogens with two attached hydrogens (primary N) is 1. The predicted octanol–water partition coefficient (Wildman–Crippen LogP) is 3.13. The lowest BCUT2D eigenvalue weighted by Gasteiger charge is -2.10. The van der Waals surface area contributed by atoms with Crippen LogP contribution in [0.2, 0.25) is 0 Å². The number of sulfone groups is 1. The van der Waals surface area contributed by atoms with E-state index in [0.717, 1.165) is 15.4 Å². The minimum absolute atomic E-state index is 0.186. The molecule has 2 aromatic carbocycles. The number of para-hydroxylation sites is 1. The highest BCUT2D eigenvalue weighted by Crippen LogP contribution is 2.36. The molecule has 5 heteroatoms. The molecule has 2 rings (SSSR count). The summed E-state index contributed by atoms with van der Waals surface area (Å²) in [6.07, 6.45) is 1.17. The first kappa shape index (κ1) is 14.0. The molecule has 2 aromatic rings. The minimum Gasteiger partial charge on any atom is -0.397 e. The smallest absolute Gasteiger partial charge is 0.177 e. The summed E-state index contributed by atoms with van der Waals surface area (Å²) in [5.41, 5.74) is 7.42. The first-order chi connectivity index (χ1) is 8.89. The van der Waals surface area contributed by atoms with Crippen molar-refractivity contribution in [1.29, 1.82) is 0 Å². The Hall–Kier alpha value is -1.46. The molecule has 3 nitrogen and oxygen atoms in total. The summed E-state index contributed by atoms with van der Waals surface area (Å²) in [5.74, 6) is 0. The van der Waals surface area contributed by atoms with Crippen molar-refractivity contribution in [2.45, 2.75) is 21.6 Å². The fourth-order valence-electron chi connectivity index (χ4n) is 1.73. The summed E-state index contributed by atoms with van der Waals surface area (Å²) < 4.78 is 23.3. The second-order valence-corrected chi connectivity index (χ2v) is 7.38. The zero-order chi connectivity index (χ0) is 14.0. The van der Waals surface area contributed by atoms with Crippen LogP contribution in [0.4, 0.5) is 5.69 Å². The zero-order valence-electron chi connectivity index (χ0n) is 10.8. The van der Waals surface area contributed by atoms with E-state index >= 15 is 0 Å². The molecule has 0 aliphatic heterocycles. The van der Waals surface area contributed by atoms with Crippen LogP contribution in [0.15, 0.2) is 57.2 Å². The number of benzene rings is 2. The van der Waals surface area contributed by atoms with Crippen LogP contribution in [0.3, 0.4) is 0 Å². The molecule has 0 saturated heterocycles. The molecule has 2 N–H and O–H groups in total. The van der Waals surface area contributed by atoms with Gasteiger partial charge in [-0.1, -0.05) is 36.0 Å². The van der Waals surface area contributed by atoms with E-state index in [1.54, 1.807) is 6.07 Å². The number of hydrogen-bond acceptors (Lipinski definition) is 4. The monoisotopic (exact) mass is 293 g/mol. The molecule has 0 heterocycles. The molecule has 0 aliphatic carbocycles. The maximum Gasteiger partial charge on any atom is 0.177 e. The average molecular weight is 293 g/mol. The van der Waals surface area contributed by atoms with E-state index in [1.165, 1.54) is 24.1 Å². The molecule has 100 valence electrons. The summed E-state index contributed by atoms with van der Waals surface area (Å²) >= 11 is 1.48. The third-order valence-corrected chi connectivity index (χ3v) is 5.15. The topological polar surface area (TPSA) is 60.2 Å². The van der Waals surface area contributed by atoms with Crippen LogP contribution in [0.25, 0.3) is 0 Å². The third-order valence-electron chi connectivity index (χ3n) is 2.74. The highest BCUT2D eigenvalue weighted by atomic mass is 32.2. The Morgan fingerprint density at radius 1 is 1.00 bits per heavy atom. The van der Waals surface area contributed by atoms with Crippen LogP contribution in [-0.4, -0.2) is 14.7 Å². The number of anilines is 1. The second kappa shape index (κ2) is 5.27. The van der Waals surface area contributed by atoms with E-state index in [4.69, 9.17) is 5.73 Å². The van der Waals surface area contributed by atoms with Gasteiger partial charge in [-0.2, -0.15) is 0 Å². The van der Waals surface area contributed by atoms with Crippen molar-refractivity contribution < 1.29 is 8.42 Å². The molecule has 0 aliphatic rings.